The number of carboxylic acids is 1. The van der Waals surface area contributed by atoms with Crippen molar-refractivity contribution in [3.8, 4) is 0 Å². The molecule has 0 aromatic carbocycles. The Balaban J connectivity index is 2.04. The van der Waals surface area contributed by atoms with Gasteiger partial charge in [-0.25, -0.2) is 9.59 Å². The van der Waals surface area contributed by atoms with E-state index in [-0.39, 0.29) is 17.8 Å². The molecule has 1 fully saturated rings. The van der Waals surface area contributed by atoms with Crippen LogP contribution in [0.15, 0.2) is 16.7 Å². The van der Waals surface area contributed by atoms with Gasteiger partial charge in [-0.15, -0.1) is 0 Å². The van der Waals surface area contributed by atoms with Crippen LogP contribution in [-0.4, -0.2) is 46.3 Å². The predicted octanol–water partition coefficient (Wildman–Crippen LogP) is 2.74. The van der Waals surface area contributed by atoms with Gasteiger partial charge in [0.15, 0.2) is 0 Å². The minimum atomic E-state index is -0.941. The fourth-order valence-corrected chi connectivity index (χ4v) is 2.90. The Morgan fingerprint density at radius 3 is 2.65 bits per heavy atom. The predicted molar refractivity (Wildman–Crippen MR) is 76.0 cm³/mol. The minimum absolute atomic E-state index is 0.0954. The topological polar surface area (TPSA) is 71.8 Å². The molecule has 7 heteroatoms. The van der Waals surface area contributed by atoms with E-state index in [1.165, 1.54) is 0 Å². The molecule has 1 aromatic rings. The van der Waals surface area contributed by atoms with Gasteiger partial charge in [0.2, 0.25) is 0 Å². The largest absolute Gasteiger partial charge is 0.477 e. The maximum atomic E-state index is 11.6. The third-order valence-corrected chi connectivity index (χ3v) is 3.85. The SMILES string of the molecule is CCOC(=O)N1CCC(n2cc(Br)cc2C(=O)O)CC1. The number of nitrogens with zero attached hydrogens (tertiary/aromatic N) is 2. The lowest BCUT2D eigenvalue weighted by atomic mass is 10.1. The summed E-state index contributed by atoms with van der Waals surface area (Å²) < 4.78 is 7.49. The van der Waals surface area contributed by atoms with Gasteiger partial charge in [0.25, 0.3) is 0 Å². The Kier molecular flexibility index (Phi) is 4.69. The summed E-state index contributed by atoms with van der Waals surface area (Å²) in [7, 11) is 0. The Morgan fingerprint density at radius 2 is 2.10 bits per heavy atom. The lowest BCUT2D eigenvalue weighted by Crippen LogP contribution is -2.39. The van der Waals surface area contributed by atoms with Crippen molar-refractivity contribution in [3.05, 3.63) is 22.4 Å². The summed E-state index contributed by atoms with van der Waals surface area (Å²) in [4.78, 5) is 24.5. The van der Waals surface area contributed by atoms with Crippen LogP contribution in [0.5, 0.6) is 0 Å². The first-order chi connectivity index (χ1) is 9.52. The molecule has 1 N–H and O–H groups in total. The molecule has 1 aliphatic rings. The number of piperidine rings is 1. The molecule has 1 aromatic heterocycles. The Morgan fingerprint density at radius 1 is 1.45 bits per heavy atom. The highest BCUT2D eigenvalue weighted by Crippen LogP contribution is 2.27. The molecule has 6 nitrogen and oxygen atoms in total. The molecule has 0 spiro atoms. The van der Waals surface area contributed by atoms with E-state index in [2.05, 4.69) is 15.9 Å². The highest BCUT2D eigenvalue weighted by Gasteiger charge is 2.26. The van der Waals surface area contributed by atoms with E-state index >= 15 is 0 Å². The zero-order chi connectivity index (χ0) is 14.7. The number of hydrogen-bond acceptors (Lipinski definition) is 3. The van der Waals surface area contributed by atoms with Crippen LogP contribution in [-0.2, 0) is 4.74 Å². The molecule has 0 bridgehead atoms. The molecule has 20 heavy (non-hydrogen) atoms. The molecule has 0 saturated carbocycles. The minimum Gasteiger partial charge on any atom is -0.477 e. The molecule has 0 unspecified atom stereocenters. The van der Waals surface area contributed by atoms with E-state index in [1.807, 2.05) is 0 Å². The number of halogens is 1. The van der Waals surface area contributed by atoms with Gasteiger partial charge in [0.05, 0.1) is 6.61 Å². The molecule has 2 heterocycles. The quantitative estimate of drug-likeness (QED) is 0.914. The maximum Gasteiger partial charge on any atom is 0.409 e. The van der Waals surface area contributed by atoms with Crippen LogP contribution in [0.1, 0.15) is 36.3 Å². The van der Waals surface area contributed by atoms with Gasteiger partial charge in [0.1, 0.15) is 5.69 Å². The summed E-state index contributed by atoms with van der Waals surface area (Å²) in [5, 5.41) is 9.19. The zero-order valence-electron chi connectivity index (χ0n) is 11.2. The number of carbonyl (C=O) groups is 2. The van der Waals surface area contributed by atoms with Gasteiger partial charge < -0.3 is 19.3 Å². The van der Waals surface area contributed by atoms with E-state index in [0.717, 1.165) is 17.3 Å². The molecule has 0 aliphatic carbocycles. The molecule has 2 rings (SSSR count). The molecule has 1 aliphatic heterocycles. The summed E-state index contributed by atoms with van der Waals surface area (Å²) in [5.41, 5.74) is 0.270. The number of aromatic carboxylic acids is 1. The fourth-order valence-electron chi connectivity index (χ4n) is 2.46. The third-order valence-electron chi connectivity index (χ3n) is 3.42. The van der Waals surface area contributed by atoms with Crippen LogP contribution in [0.3, 0.4) is 0 Å². The van der Waals surface area contributed by atoms with Crippen LogP contribution in [0.2, 0.25) is 0 Å². The van der Waals surface area contributed by atoms with Crippen LogP contribution in [0.4, 0.5) is 4.79 Å². The number of hydrogen-bond donors (Lipinski definition) is 1. The summed E-state index contributed by atoms with van der Waals surface area (Å²) in [6.07, 6.45) is 2.94. The van der Waals surface area contributed by atoms with Gasteiger partial charge in [-0.2, -0.15) is 0 Å². The summed E-state index contributed by atoms with van der Waals surface area (Å²) in [6.45, 7) is 3.31. The van der Waals surface area contributed by atoms with Crippen molar-refractivity contribution >= 4 is 28.0 Å². The Hall–Kier alpha value is -1.50. The monoisotopic (exact) mass is 344 g/mol. The van der Waals surface area contributed by atoms with E-state index in [1.54, 1.807) is 28.7 Å². The van der Waals surface area contributed by atoms with E-state index < -0.39 is 5.97 Å². The van der Waals surface area contributed by atoms with Crippen LogP contribution >= 0.6 is 15.9 Å². The van der Waals surface area contributed by atoms with Crippen molar-refractivity contribution in [2.75, 3.05) is 19.7 Å². The normalized spacial score (nSPS) is 16.2. The number of ether oxygens (including phenoxy) is 1. The summed E-state index contributed by atoms with van der Waals surface area (Å²) in [5.74, 6) is -0.941. The molecular formula is C13H17BrN2O4. The average molecular weight is 345 g/mol. The second-order valence-electron chi connectivity index (χ2n) is 4.67. The second-order valence-corrected chi connectivity index (χ2v) is 5.59. The highest BCUT2D eigenvalue weighted by atomic mass is 79.9. The average Bonchev–Trinajstić information content (AvgIpc) is 2.81. The van der Waals surface area contributed by atoms with E-state index in [4.69, 9.17) is 4.74 Å². The van der Waals surface area contributed by atoms with Gasteiger partial charge in [-0.1, -0.05) is 0 Å². The van der Waals surface area contributed by atoms with Crippen molar-refractivity contribution in [3.63, 3.8) is 0 Å². The van der Waals surface area contributed by atoms with Gasteiger partial charge in [0, 0.05) is 29.8 Å². The number of carboxylic acid groups (broad SMARTS) is 1. The standard InChI is InChI=1S/C13H17BrN2O4/c1-2-20-13(19)15-5-3-10(4-6-15)16-8-9(14)7-11(16)12(17)18/h7-8,10H,2-6H2,1H3,(H,17,18). The number of amides is 1. The third kappa shape index (κ3) is 3.15. The smallest absolute Gasteiger partial charge is 0.409 e. The lowest BCUT2D eigenvalue weighted by Gasteiger charge is -2.32. The Labute approximate surface area is 125 Å². The first-order valence-electron chi connectivity index (χ1n) is 6.55. The molecular weight excluding hydrogens is 328 g/mol. The zero-order valence-corrected chi connectivity index (χ0v) is 12.8. The first kappa shape index (κ1) is 14.9. The molecule has 110 valence electrons. The van der Waals surface area contributed by atoms with Crippen molar-refractivity contribution in [1.29, 1.82) is 0 Å². The number of carbonyl (C=O) groups excluding carboxylic acids is 1. The molecule has 1 amide bonds. The second kappa shape index (κ2) is 6.30. The van der Waals surface area contributed by atoms with Crippen molar-refractivity contribution in [2.45, 2.75) is 25.8 Å². The van der Waals surface area contributed by atoms with E-state index in [9.17, 15) is 14.7 Å². The van der Waals surface area contributed by atoms with Crippen molar-refractivity contribution < 1.29 is 19.4 Å². The van der Waals surface area contributed by atoms with Crippen LogP contribution in [0, 0.1) is 0 Å². The lowest BCUT2D eigenvalue weighted by molar-refractivity contribution is 0.0672. The van der Waals surface area contributed by atoms with Gasteiger partial charge in [-0.05, 0) is 41.8 Å². The van der Waals surface area contributed by atoms with Crippen LogP contribution < -0.4 is 0 Å². The maximum absolute atomic E-state index is 11.6. The summed E-state index contributed by atoms with van der Waals surface area (Å²) >= 11 is 3.30. The first-order valence-corrected chi connectivity index (χ1v) is 7.34. The van der Waals surface area contributed by atoms with E-state index in [0.29, 0.717) is 19.7 Å². The Bertz CT molecular complexity index is 506. The molecule has 0 radical (unpaired) electrons. The molecule has 1 saturated heterocycles. The number of aromatic nitrogens is 1. The van der Waals surface area contributed by atoms with Gasteiger partial charge in [-0.3, -0.25) is 0 Å². The van der Waals surface area contributed by atoms with Crippen LogP contribution in [0.25, 0.3) is 0 Å². The fraction of sp³-hybridized carbons (Fsp3) is 0.538. The number of likely N-dealkylation sites (tertiary alicyclic amines) is 1. The molecule has 0 atom stereocenters. The summed E-state index contributed by atoms with van der Waals surface area (Å²) in [6, 6.07) is 1.69. The highest BCUT2D eigenvalue weighted by molar-refractivity contribution is 9.10. The van der Waals surface area contributed by atoms with Crippen molar-refractivity contribution in [1.82, 2.24) is 9.47 Å². The van der Waals surface area contributed by atoms with Gasteiger partial charge >= 0.3 is 12.1 Å². The van der Waals surface area contributed by atoms with Crippen molar-refractivity contribution in [2.24, 2.45) is 0 Å². The number of rotatable bonds is 3.